The maximum Gasteiger partial charge on any atom is 0.0386 e. The van der Waals surface area contributed by atoms with E-state index in [2.05, 4.69) is 38.3 Å². The number of aryl methyl sites for hydroxylation is 2. The first-order chi connectivity index (χ1) is 6.13. The van der Waals surface area contributed by atoms with Crippen molar-refractivity contribution in [1.82, 2.24) is 0 Å². The average molecular weight is 195 g/mol. The quantitative estimate of drug-likeness (QED) is 0.802. The van der Waals surface area contributed by atoms with Crippen molar-refractivity contribution in [1.29, 1.82) is 0 Å². The molecule has 0 aliphatic rings. The zero-order chi connectivity index (χ0) is 9.84. The standard InChI is InChI=1S/C11H17NS/c1-8-4-9(2)6-10(5-8)11(12)7-13-3/h4-6,11H,7,12H2,1-3H3. The van der Waals surface area contributed by atoms with E-state index < -0.39 is 0 Å². The van der Waals surface area contributed by atoms with E-state index in [0.29, 0.717) is 0 Å². The second kappa shape index (κ2) is 4.68. The van der Waals surface area contributed by atoms with E-state index in [1.54, 1.807) is 11.8 Å². The van der Waals surface area contributed by atoms with E-state index in [1.165, 1.54) is 16.7 Å². The summed E-state index contributed by atoms with van der Waals surface area (Å²) in [5.41, 5.74) is 9.87. The SMILES string of the molecule is CSCC(N)c1cc(C)cc(C)c1. The van der Waals surface area contributed by atoms with Crippen LogP contribution in [0.2, 0.25) is 0 Å². The number of thioether (sulfide) groups is 1. The van der Waals surface area contributed by atoms with Gasteiger partial charge < -0.3 is 5.73 Å². The summed E-state index contributed by atoms with van der Waals surface area (Å²) in [6, 6.07) is 6.70. The molecule has 1 unspecified atom stereocenters. The van der Waals surface area contributed by atoms with E-state index in [-0.39, 0.29) is 6.04 Å². The summed E-state index contributed by atoms with van der Waals surface area (Å²) in [6.07, 6.45) is 2.09. The monoisotopic (exact) mass is 195 g/mol. The van der Waals surface area contributed by atoms with Crippen LogP contribution in [0.4, 0.5) is 0 Å². The van der Waals surface area contributed by atoms with Gasteiger partial charge in [0.25, 0.3) is 0 Å². The number of benzene rings is 1. The number of hydrogen-bond donors (Lipinski definition) is 1. The molecule has 1 aromatic rings. The van der Waals surface area contributed by atoms with Crippen molar-refractivity contribution in [3.8, 4) is 0 Å². The first-order valence-corrected chi connectivity index (χ1v) is 5.85. The highest BCUT2D eigenvalue weighted by Crippen LogP contribution is 2.17. The molecule has 0 heterocycles. The van der Waals surface area contributed by atoms with Gasteiger partial charge in [0.1, 0.15) is 0 Å². The number of nitrogens with two attached hydrogens (primary N) is 1. The normalized spacial score (nSPS) is 12.9. The Labute approximate surface area is 84.7 Å². The topological polar surface area (TPSA) is 26.0 Å². The second-order valence-corrected chi connectivity index (χ2v) is 4.39. The molecule has 1 aromatic carbocycles. The minimum Gasteiger partial charge on any atom is -0.323 e. The maximum atomic E-state index is 6.02. The first kappa shape index (κ1) is 10.6. The van der Waals surface area contributed by atoms with Crippen LogP contribution in [0.3, 0.4) is 0 Å². The van der Waals surface area contributed by atoms with Crippen molar-refractivity contribution in [3.05, 3.63) is 34.9 Å². The smallest absolute Gasteiger partial charge is 0.0386 e. The van der Waals surface area contributed by atoms with Crippen molar-refractivity contribution in [3.63, 3.8) is 0 Å². The van der Waals surface area contributed by atoms with Crippen LogP contribution < -0.4 is 5.73 Å². The minimum absolute atomic E-state index is 0.175. The molecule has 0 amide bonds. The van der Waals surface area contributed by atoms with Gasteiger partial charge in [-0.25, -0.2) is 0 Å². The predicted octanol–water partition coefficient (Wildman–Crippen LogP) is 2.67. The van der Waals surface area contributed by atoms with Crippen molar-refractivity contribution in [2.75, 3.05) is 12.0 Å². The fourth-order valence-electron chi connectivity index (χ4n) is 1.50. The first-order valence-electron chi connectivity index (χ1n) is 4.46. The summed E-state index contributed by atoms with van der Waals surface area (Å²) < 4.78 is 0. The second-order valence-electron chi connectivity index (χ2n) is 3.48. The third-order valence-electron chi connectivity index (χ3n) is 2.02. The molecule has 72 valence electrons. The minimum atomic E-state index is 0.175. The van der Waals surface area contributed by atoms with Gasteiger partial charge in [0, 0.05) is 11.8 Å². The average Bonchev–Trinajstić information content (AvgIpc) is 2.03. The van der Waals surface area contributed by atoms with Gasteiger partial charge in [0.15, 0.2) is 0 Å². The van der Waals surface area contributed by atoms with Gasteiger partial charge in [-0.15, -0.1) is 0 Å². The molecule has 0 fully saturated rings. The van der Waals surface area contributed by atoms with Crippen LogP contribution in [-0.4, -0.2) is 12.0 Å². The van der Waals surface area contributed by atoms with Crippen molar-refractivity contribution in [2.45, 2.75) is 19.9 Å². The Balaban J connectivity index is 2.87. The highest BCUT2D eigenvalue weighted by Gasteiger charge is 2.05. The molecule has 1 atom stereocenters. The highest BCUT2D eigenvalue weighted by atomic mass is 32.2. The van der Waals surface area contributed by atoms with Crippen LogP contribution in [0, 0.1) is 13.8 Å². The molecular formula is C11H17NS. The van der Waals surface area contributed by atoms with Crippen LogP contribution >= 0.6 is 11.8 Å². The molecule has 1 nitrogen and oxygen atoms in total. The third-order valence-corrected chi connectivity index (χ3v) is 2.71. The Morgan fingerprint density at radius 3 is 2.23 bits per heavy atom. The van der Waals surface area contributed by atoms with Gasteiger partial charge in [-0.3, -0.25) is 0 Å². The van der Waals surface area contributed by atoms with Gasteiger partial charge in [0.05, 0.1) is 0 Å². The van der Waals surface area contributed by atoms with Crippen LogP contribution in [0.15, 0.2) is 18.2 Å². The summed E-state index contributed by atoms with van der Waals surface area (Å²) in [5.74, 6) is 0.989. The Morgan fingerprint density at radius 1 is 1.23 bits per heavy atom. The zero-order valence-corrected chi connectivity index (χ0v) is 9.32. The molecule has 1 rings (SSSR count). The van der Waals surface area contributed by atoms with Crippen LogP contribution in [-0.2, 0) is 0 Å². The molecule has 0 aliphatic carbocycles. The molecule has 0 spiro atoms. The summed E-state index contributed by atoms with van der Waals surface area (Å²) in [6.45, 7) is 4.23. The van der Waals surface area contributed by atoms with Gasteiger partial charge >= 0.3 is 0 Å². The molecule has 0 saturated heterocycles. The Bertz CT molecular complexity index is 263. The lowest BCUT2D eigenvalue weighted by molar-refractivity contribution is 0.829. The van der Waals surface area contributed by atoms with Crippen molar-refractivity contribution < 1.29 is 0 Å². The Hall–Kier alpha value is -0.470. The van der Waals surface area contributed by atoms with Crippen LogP contribution in [0.1, 0.15) is 22.7 Å². The molecule has 0 aliphatic heterocycles. The van der Waals surface area contributed by atoms with E-state index >= 15 is 0 Å². The molecule has 2 N–H and O–H groups in total. The molecule has 0 radical (unpaired) electrons. The molecule has 2 heteroatoms. The molecular weight excluding hydrogens is 178 g/mol. The van der Waals surface area contributed by atoms with Gasteiger partial charge in [-0.2, -0.15) is 11.8 Å². The van der Waals surface area contributed by atoms with E-state index in [9.17, 15) is 0 Å². The zero-order valence-electron chi connectivity index (χ0n) is 8.50. The van der Waals surface area contributed by atoms with Crippen molar-refractivity contribution >= 4 is 11.8 Å². The Morgan fingerprint density at radius 2 is 1.77 bits per heavy atom. The summed E-state index contributed by atoms with van der Waals surface area (Å²) >= 11 is 1.79. The van der Waals surface area contributed by atoms with Gasteiger partial charge in [0.2, 0.25) is 0 Å². The summed E-state index contributed by atoms with van der Waals surface area (Å²) in [5, 5.41) is 0. The lowest BCUT2D eigenvalue weighted by Crippen LogP contribution is -2.13. The van der Waals surface area contributed by atoms with Gasteiger partial charge in [-0.05, 0) is 25.7 Å². The maximum absolute atomic E-state index is 6.02. The molecule has 13 heavy (non-hydrogen) atoms. The van der Waals surface area contributed by atoms with Crippen molar-refractivity contribution in [2.24, 2.45) is 5.73 Å². The fraction of sp³-hybridized carbons (Fsp3) is 0.455. The Kier molecular flexibility index (Phi) is 3.82. The van der Waals surface area contributed by atoms with Crippen LogP contribution in [0.5, 0.6) is 0 Å². The molecule has 0 bridgehead atoms. The molecule has 0 saturated carbocycles. The van der Waals surface area contributed by atoms with E-state index in [0.717, 1.165) is 5.75 Å². The summed E-state index contributed by atoms with van der Waals surface area (Å²) in [4.78, 5) is 0. The third kappa shape index (κ3) is 3.05. The lowest BCUT2D eigenvalue weighted by Gasteiger charge is -2.12. The number of rotatable bonds is 3. The largest absolute Gasteiger partial charge is 0.323 e. The van der Waals surface area contributed by atoms with Crippen LogP contribution in [0.25, 0.3) is 0 Å². The fourth-order valence-corrected chi connectivity index (χ4v) is 2.05. The number of hydrogen-bond acceptors (Lipinski definition) is 2. The van der Waals surface area contributed by atoms with Gasteiger partial charge in [-0.1, -0.05) is 29.3 Å². The highest BCUT2D eigenvalue weighted by molar-refractivity contribution is 7.98. The predicted molar refractivity (Wildman–Crippen MR) is 61.2 cm³/mol. The lowest BCUT2D eigenvalue weighted by atomic mass is 10.0. The van der Waals surface area contributed by atoms with E-state index in [1.807, 2.05) is 0 Å². The molecule has 0 aromatic heterocycles. The van der Waals surface area contributed by atoms with E-state index in [4.69, 9.17) is 5.73 Å². The summed E-state index contributed by atoms with van der Waals surface area (Å²) in [7, 11) is 0.